The smallest absolute Gasteiger partial charge is 0.403 e. The molecule has 5 aromatic rings. The molecule has 5 heteroatoms. The minimum Gasteiger partial charge on any atom is -0.403 e. The van der Waals surface area contributed by atoms with E-state index in [1.54, 1.807) is 0 Å². The van der Waals surface area contributed by atoms with Gasteiger partial charge < -0.3 is 4.12 Å². The topological polar surface area (TPSA) is 21.7 Å². The van der Waals surface area contributed by atoms with Crippen LogP contribution in [-0.4, -0.2) is 17.0 Å². The molecule has 5 aromatic carbocycles. The Kier molecular flexibility index (Phi) is 8.50. The predicted octanol–water partition coefficient (Wildman–Crippen LogP) is 7.67. The van der Waals surface area contributed by atoms with Gasteiger partial charge in [-0.3, -0.25) is 9.26 Å². The van der Waals surface area contributed by atoms with Crippen LogP contribution in [0.3, 0.4) is 0 Å². The number of nitrogens with zero attached hydrogens (tertiary/aromatic N) is 1. The van der Waals surface area contributed by atoms with Gasteiger partial charge in [0.05, 0.1) is 5.69 Å². The first-order chi connectivity index (χ1) is 22.2. The fourth-order valence-corrected chi connectivity index (χ4v) is 20.3. The molecule has 0 spiro atoms. The molecule has 0 amide bonds. The molecule has 3 nitrogen and oxygen atoms in total. The van der Waals surface area contributed by atoms with E-state index in [0.29, 0.717) is 0 Å². The number of hydrogen-bond acceptors (Lipinski definition) is 3. The van der Waals surface area contributed by atoms with Gasteiger partial charge in [0.15, 0.2) is 0 Å². The zero-order chi connectivity index (χ0) is 34.0. The largest absolute Gasteiger partial charge is 0.423 e. The molecule has 6 rings (SSSR count). The molecule has 1 heterocycles. The molecule has 0 aromatic heterocycles. The van der Waals surface area contributed by atoms with Crippen LogP contribution in [0.1, 0.15) is 66.8 Å². The molecule has 1 aliphatic rings. The van der Waals surface area contributed by atoms with Crippen molar-refractivity contribution in [2.75, 3.05) is 4.73 Å². The standard InChI is InChI=1S/C42H49NO2Si2/c1-26-18-30(5)39(31(6)19-26)46(40-32(7)20-27(2)21-33(40)8)43(38-16-14-13-15-17-38)44-47(45-46,41-34(9)22-28(3)23-35(41)10)42-36(11)24-29(4)25-37(42)12/h13-25H,1-12H3. The van der Waals surface area contributed by atoms with E-state index < -0.39 is 17.0 Å². The lowest BCUT2D eigenvalue weighted by molar-refractivity contribution is 0.335. The molecule has 0 atom stereocenters. The van der Waals surface area contributed by atoms with Crippen molar-refractivity contribution in [1.29, 1.82) is 0 Å². The van der Waals surface area contributed by atoms with Gasteiger partial charge in [-0.05, 0) is 150 Å². The van der Waals surface area contributed by atoms with Gasteiger partial charge in [-0.2, -0.15) is 0 Å². The highest BCUT2D eigenvalue weighted by Crippen LogP contribution is 2.39. The number of para-hydroxylation sites is 1. The van der Waals surface area contributed by atoms with Gasteiger partial charge in [-0.1, -0.05) is 89.0 Å². The third-order valence-corrected chi connectivity index (χ3v) is 19.5. The highest BCUT2D eigenvalue weighted by Gasteiger charge is 2.68. The van der Waals surface area contributed by atoms with Gasteiger partial charge in [-0.25, -0.2) is 0 Å². The summed E-state index contributed by atoms with van der Waals surface area (Å²) < 4.78 is 18.7. The Balaban J connectivity index is 1.87. The van der Waals surface area contributed by atoms with E-state index in [1.807, 2.05) is 0 Å². The Hall–Kier alpha value is -3.75. The van der Waals surface area contributed by atoms with Crippen LogP contribution >= 0.6 is 0 Å². The molecule has 1 aliphatic heterocycles. The Morgan fingerprint density at radius 1 is 0.404 bits per heavy atom. The summed E-state index contributed by atoms with van der Waals surface area (Å²) in [6.07, 6.45) is 0. The van der Waals surface area contributed by atoms with Gasteiger partial charge in [0.1, 0.15) is 0 Å². The SMILES string of the molecule is Cc1cc(C)c([Si]2(c3c(C)cc(C)cc3C)ON(c3ccccc3)[Si](c3c(C)cc(C)cc3C)(c3c(C)cc(C)cc3C)O2)c(C)c1. The average molecular weight is 656 g/mol. The second-order valence-electron chi connectivity index (χ2n) is 14.2. The first-order valence-electron chi connectivity index (χ1n) is 16.8. The summed E-state index contributed by atoms with van der Waals surface area (Å²) in [5, 5.41) is 5.00. The summed E-state index contributed by atoms with van der Waals surface area (Å²) in [7, 11) is -6.91. The van der Waals surface area contributed by atoms with Gasteiger partial charge >= 0.3 is 17.0 Å². The summed E-state index contributed by atoms with van der Waals surface area (Å²) in [6.45, 7) is 26.8. The van der Waals surface area contributed by atoms with Crippen LogP contribution in [0, 0.1) is 83.1 Å². The molecular weight excluding hydrogens is 607 g/mol. The molecule has 0 bridgehead atoms. The van der Waals surface area contributed by atoms with Crippen LogP contribution in [0.15, 0.2) is 78.9 Å². The molecule has 1 saturated heterocycles. The average Bonchev–Trinajstić information content (AvgIpc) is 3.27. The zero-order valence-electron chi connectivity index (χ0n) is 30.3. The third kappa shape index (κ3) is 5.34. The quantitative estimate of drug-likeness (QED) is 0.182. The summed E-state index contributed by atoms with van der Waals surface area (Å²) >= 11 is 0. The Morgan fingerprint density at radius 2 is 0.702 bits per heavy atom. The summed E-state index contributed by atoms with van der Waals surface area (Å²) in [6, 6.07) is 29.2. The van der Waals surface area contributed by atoms with Crippen LogP contribution in [-0.2, 0) is 8.64 Å². The van der Waals surface area contributed by atoms with Crippen molar-refractivity contribution in [2.24, 2.45) is 0 Å². The highest BCUT2D eigenvalue weighted by molar-refractivity contribution is 7.12. The lowest BCUT2D eigenvalue weighted by Gasteiger charge is -2.38. The summed E-state index contributed by atoms with van der Waals surface area (Å²) in [4.78, 5) is 0. The molecule has 0 radical (unpaired) electrons. The van der Waals surface area contributed by atoms with Crippen LogP contribution in [0.25, 0.3) is 0 Å². The molecule has 47 heavy (non-hydrogen) atoms. The number of hydrogen-bond donors (Lipinski definition) is 0. The van der Waals surface area contributed by atoms with E-state index in [0.717, 1.165) is 5.69 Å². The normalized spacial score (nSPS) is 15.4. The maximum Gasteiger partial charge on any atom is 0.423 e. The molecular formula is C42H49NO2Si2. The third-order valence-electron chi connectivity index (χ3n) is 9.83. The molecule has 0 aliphatic carbocycles. The fourth-order valence-electron chi connectivity index (χ4n) is 8.83. The molecule has 1 fully saturated rings. The highest BCUT2D eigenvalue weighted by atomic mass is 28.5. The molecule has 242 valence electrons. The molecule has 0 unspecified atom stereocenters. The Labute approximate surface area is 284 Å². The van der Waals surface area contributed by atoms with Crippen LogP contribution in [0.2, 0.25) is 0 Å². The minimum atomic E-state index is -3.49. The fraction of sp³-hybridized carbons (Fsp3) is 0.286. The summed E-state index contributed by atoms with van der Waals surface area (Å²) in [5.41, 5.74) is 15.9. The van der Waals surface area contributed by atoms with Crippen LogP contribution < -0.4 is 25.5 Å². The summed E-state index contributed by atoms with van der Waals surface area (Å²) in [5.74, 6) is 0. The number of anilines is 1. The van der Waals surface area contributed by atoms with Crippen molar-refractivity contribution in [3.05, 3.63) is 146 Å². The van der Waals surface area contributed by atoms with Gasteiger partial charge in [0.2, 0.25) is 0 Å². The van der Waals surface area contributed by atoms with Crippen LogP contribution in [0.5, 0.6) is 0 Å². The minimum absolute atomic E-state index is 1.03. The van der Waals surface area contributed by atoms with Crippen molar-refractivity contribution >= 4 is 43.5 Å². The van der Waals surface area contributed by atoms with Crippen molar-refractivity contribution < 1.29 is 8.64 Å². The first-order valence-corrected chi connectivity index (χ1v) is 20.4. The second-order valence-corrected chi connectivity index (χ2v) is 20.1. The first kappa shape index (κ1) is 33.2. The van der Waals surface area contributed by atoms with Gasteiger partial charge in [0, 0.05) is 10.4 Å². The maximum atomic E-state index is 8.44. The Bertz CT molecular complexity index is 1820. The number of rotatable bonds is 5. The van der Waals surface area contributed by atoms with Crippen molar-refractivity contribution in [3.63, 3.8) is 0 Å². The maximum absolute atomic E-state index is 8.44. The van der Waals surface area contributed by atoms with Crippen molar-refractivity contribution in [1.82, 2.24) is 0 Å². The van der Waals surface area contributed by atoms with E-state index in [-0.39, 0.29) is 0 Å². The van der Waals surface area contributed by atoms with E-state index in [2.05, 4.69) is 167 Å². The zero-order valence-corrected chi connectivity index (χ0v) is 32.3. The van der Waals surface area contributed by atoms with Crippen LogP contribution in [0.4, 0.5) is 5.69 Å². The second kappa shape index (κ2) is 12.0. The Morgan fingerprint density at radius 3 is 1.02 bits per heavy atom. The lowest BCUT2D eigenvalue weighted by atomic mass is 10.1. The van der Waals surface area contributed by atoms with E-state index >= 15 is 0 Å². The molecule has 0 N–H and O–H groups in total. The predicted molar refractivity (Wildman–Crippen MR) is 204 cm³/mol. The number of aryl methyl sites for hydroxylation is 12. The van der Waals surface area contributed by atoms with E-state index in [4.69, 9.17) is 8.64 Å². The lowest BCUT2D eigenvalue weighted by Crippen LogP contribution is -2.73. The van der Waals surface area contributed by atoms with E-state index in [1.165, 1.54) is 87.5 Å². The molecule has 0 saturated carbocycles. The van der Waals surface area contributed by atoms with Gasteiger partial charge in [-0.15, -0.1) is 0 Å². The monoisotopic (exact) mass is 655 g/mol. The van der Waals surface area contributed by atoms with Crippen molar-refractivity contribution in [2.45, 2.75) is 83.1 Å². The van der Waals surface area contributed by atoms with Gasteiger partial charge in [0.25, 0.3) is 0 Å². The number of benzene rings is 5. The van der Waals surface area contributed by atoms with E-state index in [9.17, 15) is 0 Å². The van der Waals surface area contributed by atoms with Crippen molar-refractivity contribution in [3.8, 4) is 0 Å².